The fraction of sp³-hybridized carbons (Fsp3) is 0.0455. The second-order valence-electron chi connectivity index (χ2n) is 6.17. The van der Waals surface area contributed by atoms with Gasteiger partial charge in [-0.05, 0) is 23.8 Å². The van der Waals surface area contributed by atoms with E-state index in [1.165, 1.54) is 6.20 Å². The number of nitrogens with zero attached hydrogens (tertiary/aromatic N) is 3. The number of rotatable bonds is 4. The fourth-order valence-electron chi connectivity index (χ4n) is 3.09. The molecule has 0 amide bonds. The largest absolute Gasteiger partial charge is 0.497 e. The van der Waals surface area contributed by atoms with Crippen molar-refractivity contribution in [3.8, 4) is 39.4 Å². The standard InChI is InChI=1S/C22H14Cl3N3O/c1-29-16-9-5-8-14(10-16)18-19(21-17(24)11-15(23)12-26-21)22(25)28-27-20(18)13-6-3-2-4-7-13/h2-12H,1H3. The predicted molar refractivity (Wildman–Crippen MR) is 118 cm³/mol. The average molecular weight is 443 g/mol. The van der Waals surface area contributed by atoms with Crippen molar-refractivity contribution < 1.29 is 4.74 Å². The van der Waals surface area contributed by atoms with Crippen LogP contribution in [0, 0.1) is 0 Å². The summed E-state index contributed by atoms with van der Waals surface area (Å²) in [5, 5.41) is 9.57. The van der Waals surface area contributed by atoms with Crippen LogP contribution in [-0.2, 0) is 0 Å². The number of hydrogen-bond donors (Lipinski definition) is 0. The monoisotopic (exact) mass is 441 g/mol. The molecule has 0 unspecified atom stereocenters. The summed E-state index contributed by atoms with van der Waals surface area (Å²) in [5.41, 5.74) is 4.21. The molecule has 0 atom stereocenters. The summed E-state index contributed by atoms with van der Waals surface area (Å²) in [5.74, 6) is 0.704. The summed E-state index contributed by atoms with van der Waals surface area (Å²) in [4.78, 5) is 4.43. The van der Waals surface area contributed by atoms with E-state index in [0.29, 0.717) is 32.7 Å². The van der Waals surface area contributed by atoms with Gasteiger partial charge in [-0.1, -0.05) is 77.3 Å². The predicted octanol–water partition coefficient (Wildman–Crippen LogP) is 6.84. The molecule has 0 fully saturated rings. The molecule has 29 heavy (non-hydrogen) atoms. The molecular weight excluding hydrogens is 429 g/mol. The van der Waals surface area contributed by atoms with E-state index in [2.05, 4.69) is 15.2 Å². The molecule has 4 aromatic rings. The Bertz CT molecular complexity index is 1180. The highest BCUT2D eigenvalue weighted by atomic mass is 35.5. The van der Waals surface area contributed by atoms with E-state index in [-0.39, 0.29) is 5.15 Å². The van der Waals surface area contributed by atoms with Crippen LogP contribution in [0.15, 0.2) is 66.9 Å². The lowest BCUT2D eigenvalue weighted by molar-refractivity contribution is 0.415. The second kappa shape index (κ2) is 8.37. The molecule has 4 rings (SSSR count). The second-order valence-corrected chi connectivity index (χ2v) is 7.37. The van der Waals surface area contributed by atoms with Gasteiger partial charge in [-0.15, -0.1) is 10.2 Å². The van der Waals surface area contributed by atoms with Crippen molar-refractivity contribution in [2.45, 2.75) is 0 Å². The van der Waals surface area contributed by atoms with E-state index in [9.17, 15) is 0 Å². The van der Waals surface area contributed by atoms with E-state index in [1.807, 2.05) is 54.6 Å². The molecule has 2 aromatic heterocycles. The minimum atomic E-state index is 0.194. The van der Waals surface area contributed by atoms with Crippen molar-refractivity contribution in [1.82, 2.24) is 15.2 Å². The summed E-state index contributed by atoms with van der Waals surface area (Å²) >= 11 is 19.0. The number of halogens is 3. The highest BCUT2D eigenvalue weighted by molar-refractivity contribution is 6.38. The average Bonchev–Trinajstić information content (AvgIpc) is 2.75. The van der Waals surface area contributed by atoms with E-state index in [4.69, 9.17) is 39.5 Å². The van der Waals surface area contributed by atoms with Gasteiger partial charge in [0, 0.05) is 17.3 Å². The lowest BCUT2D eigenvalue weighted by atomic mass is 9.94. The zero-order valence-electron chi connectivity index (χ0n) is 15.2. The topological polar surface area (TPSA) is 47.9 Å². The lowest BCUT2D eigenvalue weighted by Gasteiger charge is -2.16. The van der Waals surface area contributed by atoms with Gasteiger partial charge < -0.3 is 4.74 Å². The first-order valence-electron chi connectivity index (χ1n) is 8.66. The van der Waals surface area contributed by atoms with Crippen molar-refractivity contribution in [1.29, 1.82) is 0 Å². The summed E-state index contributed by atoms with van der Waals surface area (Å²) in [7, 11) is 1.62. The Morgan fingerprint density at radius 2 is 1.52 bits per heavy atom. The minimum absolute atomic E-state index is 0.194. The summed E-state index contributed by atoms with van der Waals surface area (Å²) < 4.78 is 5.41. The van der Waals surface area contributed by atoms with Gasteiger partial charge in [0.15, 0.2) is 5.15 Å². The molecule has 0 spiro atoms. The molecule has 0 aliphatic rings. The number of hydrogen-bond acceptors (Lipinski definition) is 4. The fourth-order valence-corrected chi connectivity index (χ4v) is 3.78. The van der Waals surface area contributed by atoms with Crippen molar-refractivity contribution in [3.63, 3.8) is 0 Å². The highest BCUT2D eigenvalue weighted by Crippen LogP contribution is 2.43. The van der Waals surface area contributed by atoms with Crippen LogP contribution in [0.1, 0.15) is 0 Å². The third-order valence-corrected chi connectivity index (χ3v) is 5.14. The zero-order valence-corrected chi connectivity index (χ0v) is 17.5. The third kappa shape index (κ3) is 3.92. The highest BCUT2D eigenvalue weighted by Gasteiger charge is 2.23. The van der Waals surface area contributed by atoms with Crippen LogP contribution in [0.25, 0.3) is 33.6 Å². The molecule has 0 saturated heterocycles. The van der Waals surface area contributed by atoms with Gasteiger partial charge >= 0.3 is 0 Å². The van der Waals surface area contributed by atoms with Crippen LogP contribution in [0.4, 0.5) is 0 Å². The Balaban J connectivity index is 2.09. The molecule has 2 aromatic carbocycles. The Hall–Kier alpha value is -2.66. The molecule has 144 valence electrons. The van der Waals surface area contributed by atoms with Crippen molar-refractivity contribution in [3.05, 3.63) is 82.1 Å². The maximum Gasteiger partial charge on any atom is 0.161 e. The van der Waals surface area contributed by atoms with Gasteiger partial charge in [0.2, 0.25) is 0 Å². The first-order valence-corrected chi connectivity index (χ1v) is 9.79. The first kappa shape index (κ1) is 19.6. The van der Waals surface area contributed by atoms with Crippen molar-refractivity contribution in [2.24, 2.45) is 0 Å². The Morgan fingerprint density at radius 3 is 2.24 bits per heavy atom. The number of ether oxygens (including phenoxy) is 1. The molecular formula is C22H14Cl3N3O. The minimum Gasteiger partial charge on any atom is -0.497 e. The molecule has 0 bridgehead atoms. The van der Waals surface area contributed by atoms with Crippen molar-refractivity contribution in [2.75, 3.05) is 7.11 Å². The van der Waals surface area contributed by atoms with Crippen LogP contribution < -0.4 is 4.74 Å². The zero-order chi connectivity index (χ0) is 20.4. The van der Waals surface area contributed by atoms with Crippen LogP contribution >= 0.6 is 34.8 Å². The van der Waals surface area contributed by atoms with Crippen LogP contribution in [0.5, 0.6) is 5.75 Å². The maximum absolute atomic E-state index is 6.52. The smallest absolute Gasteiger partial charge is 0.161 e. The van der Waals surface area contributed by atoms with E-state index in [1.54, 1.807) is 13.2 Å². The van der Waals surface area contributed by atoms with Gasteiger partial charge in [0.05, 0.1) is 28.4 Å². The quantitative estimate of drug-likeness (QED) is 0.347. The molecule has 0 radical (unpaired) electrons. The lowest BCUT2D eigenvalue weighted by Crippen LogP contribution is -2.00. The van der Waals surface area contributed by atoms with E-state index >= 15 is 0 Å². The number of aromatic nitrogens is 3. The normalized spacial score (nSPS) is 10.8. The van der Waals surface area contributed by atoms with Gasteiger partial charge in [-0.25, -0.2) is 0 Å². The van der Waals surface area contributed by atoms with Gasteiger partial charge in [-0.3, -0.25) is 4.98 Å². The summed E-state index contributed by atoms with van der Waals surface area (Å²) in [6.45, 7) is 0. The number of pyridine rings is 1. The first-order chi connectivity index (χ1) is 14.1. The molecule has 0 saturated carbocycles. The Labute approximate surface area is 183 Å². The molecule has 4 nitrogen and oxygen atoms in total. The van der Waals surface area contributed by atoms with Crippen LogP contribution in [0.3, 0.4) is 0 Å². The molecule has 2 heterocycles. The van der Waals surface area contributed by atoms with E-state index < -0.39 is 0 Å². The molecule has 0 N–H and O–H groups in total. The van der Waals surface area contributed by atoms with Crippen LogP contribution in [-0.4, -0.2) is 22.3 Å². The van der Waals surface area contributed by atoms with Crippen LogP contribution in [0.2, 0.25) is 15.2 Å². The molecule has 7 heteroatoms. The Kier molecular flexibility index (Phi) is 5.67. The third-order valence-electron chi connectivity index (χ3n) is 4.38. The summed E-state index contributed by atoms with van der Waals surface area (Å²) in [6, 6.07) is 19.0. The SMILES string of the molecule is COc1cccc(-c2c(-c3ccccc3)nnc(Cl)c2-c2ncc(Cl)cc2Cl)c1. The Morgan fingerprint density at radius 1 is 0.759 bits per heavy atom. The summed E-state index contributed by atoms with van der Waals surface area (Å²) in [6.07, 6.45) is 1.52. The number of methoxy groups -OCH3 is 1. The maximum atomic E-state index is 6.52. The van der Waals surface area contributed by atoms with Gasteiger partial charge in [-0.2, -0.15) is 0 Å². The van der Waals surface area contributed by atoms with Gasteiger partial charge in [0.1, 0.15) is 11.4 Å². The molecule has 0 aliphatic carbocycles. The molecule has 0 aliphatic heterocycles. The van der Waals surface area contributed by atoms with E-state index in [0.717, 1.165) is 16.7 Å². The van der Waals surface area contributed by atoms with Gasteiger partial charge in [0.25, 0.3) is 0 Å². The van der Waals surface area contributed by atoms with Crippen molar-refractivity contribution >= 4 is 34.8 Å². The number of benzene rings is 2.